The van der Waals surface area contributed by atoms with Gasteiger partial charge in [0, 0.05) is 25.5 Å². The molecule has 4 nitrogen and oxygen atoms in total. The van der Waals surface area contributed by atoms with Crippen molar-refractivity contribution in [2.24, 2.45) is 0 Å². The van der Waals surface area contributed by atoms with E-state index in [1.165, 1.54) is 5.56 Å². The second-order valence-electron chi connectivity index (χ2n) is 4.63. The number of hydrogen-bond acceptors (Lipinski definition) is 2. The first kappa shape index (κ1) is 14.2. The Morgan fingerprint density at radius 3 is 2.84 bits per heavy atom. The van der Waals surface area contributed by atoms with Crippen LogP contribution in [0.4, 0.5) is 0 Å². The molecule has 2 heterocycles. The van der Waals surface area contributed by atoms with E-state index >= 15 is 0 Å². The Bertz CT molecular complexity index is 542. The predicted octanol–water partition coefficient (Wildman–Crippen LogP) is 2.82. The lowest BCUT2D eigenvalue weighted by molar-refractivity contribution is 0.597. The third kappa shape index (κ3) is 3.19. The smallest absolute Gasteiger partial charge is 0.0865 e. The van der Waals surface area contributed by atoms with E-state index in [9.17, 15) is 0 Å². The summed E-state index contributed by atoms with van der Waals surface area (Å²) in [6.45, 7) is 9.64. The van der Waals surface area contributed by atoms with Gasteiger partial charge in [0.05, 0.1) is 23.0 Å². The molecule has 2 rings (SSSR count). The zero-order valence-corrected chi connectivity index (χ0v) is 12.5. The summed E-state index contributed by atoms with van der Waals surface area (Å²) >= 11 is 6.32. The molecule has 0 aliphatic heterocycles. The molecule has 0 saturated heterocycles. The van der Waals surface area contributed by atoms with Gasteiger partial charge in [-0.2, -0.15) is 5.10 Å². The Morgan fingerprint density at radius 2 is 2.16 bits per heavy atom. The van der Waals surface area contributed by atoms with Gasteiger partial charge in [-0.3, -0.25) is 4.68 Å². The third-order valence-corrected chi connectivity index (χ3v) is 3.67. The number of nitrogens with one attached hydrogen (secondary N) is 1. The van der Waals surface area contributed by atoms with Crippen LogP contribution in [0.5, 0.6) is 0 Å². The summed E-state index contributed by atoms with van der Waals surface area (Å²) in [5.74, 6) is 0. The Labute approximate surface area is 119 Å². The van der Waals surface area contributed by atoms with Crippen molar-refractivity contribution in [2.75, 3.05) is 6.54 Å². The van der Waals surface area contributed by atoms with Crippen molar-refractivity contribution in [3.8, 4) is 0 Å². The molecule has 0 aliphatic rings. The second-order valence-corrected chi connectivity index (χ2v) is 5.01. The van der Waals surface area contributed by atoms with Crippen molar-refractivity contribution in [1.82, 2.24) is 19.7 Å². The maximum absolute atomic E-state index is 6.32. The first-order chi connectivity index (χ1) is 9.15. The third-order valence-electron chi connectivity index (χ3n) is 3.18. The highest BCUT2D eigenvalue weighted by atomic mass is 35.5. The van der Waals surface area contributed by atoms with Crippen molar-refractivity contribution in [3.63, 3.8) is 0 Å². The minimum atomic E-state index is 0.764. The highest BCUT2D eigenvalue weighted by Gasteiger charge is 2.12. The van der Waals surface area contributed by atoms with Gasteiger partial charge in [0.2, 0.25) is 0 Å². The normalized spacial score (nSPS) is 11.2. The van der Waals surface area contributed by atoms with Gasteiger partial charge >= 0.3 is 0 Å². The van der Waals surface area contributed by atoms with Gasteiger partial charge in [-0.05, 0) is 32.0 Å². The maximum Gasteiger partial charge on any atom is 0.0865 e. The predicted molar refractivity (Wildman–Crippen MR) is 78.6 cm³/mol. The van der Waals surface area contributed by atoms with Crippen LogP contribution in [-0.4, -0.2) is 20.9 Å². The van der Waals surface area contributed by atoms with Crippen LogP contribution in [0, 0.1) is 6.92 Å². The topological polar surface area (TPSA) is 34.8 Å². The van der Waals surface area contributed by atoms with Gasteiger partial charge in [-0.15, -0.1) is 0 Å². The van der Waals surface area contributed by atoms with Gasteiger partial charge in [0.25, 0.3) is 0 Å². The number of aryl methyl sites for hydroxylation is 2. The Kier molecular flexibility index (Phi) is 4.66. The molecule has 2 aromatic heterocycles. The van der Waals surface area contributed by atoms with Gasteiger partial charge in [-0.25, -0.2) is 0 Å². The molecule has 5 heteroatoms. The largest absolute Gasteiger partial charge is 0.348 e. The fraction of sp³-hybridized carbons (Fsp3) is 0.500. The number of rotatable bonds is 6. The summed E-state index contributed by atoms with van der Waals surface area (Å²) < 4.78 is 4.13. The fourth-order valence-electron chi connectivity index (χ4n) is 2.16. The van der Waals surface area contributed by atoms with Crippen molar-refractivity contribution in [1.29, 1.82) is 0 Å². The van der Waals surface area contributed by atoms with Crippen LogP contribution in [0.2, 0.25) is 5.02 Å². The van der Waals surface area contributed by atoms with Crippen LogP contribution in [0.25, 0.3) is 0 Å². The van der Waals surface area contributed by atoms with E-state index < -0.39 is 0 Å². The zero-order valence-electron chi connectivity index (χ0n) is 11.8. The summed E-state index contributed by atoms with van der Waals surface area (Å²) in [4.78, 5) is 0. The minimum absolute atomic E-state index is 0.764. The van der Waals surface area contributed by atoms with Crippen molar-refractivity contribution < 1.29 is 0 Å². The summed E-state index contributed by atoms with van der Waals surface area (Å²) in [7, 11) is 0. The molecule has 0 unspecified atom stereocenters. The van der Waals surface area contributed by atoms with Crippen molar-refractivity contribution in [3.05, 3.63) is 40.4 Å². The van der Waals surface area contributed by atoms with Crippen LogP contribution >= 0.6 is 11.6 Å². The maximum atomic E-state index is 6.32. The molecule has 19 heavy (non-hydrogen) atoms. The summed E-state index contributed by atoms with van der Waals surface area (Å²) in [5, 5.41) is 8.54. The fourth-order valence-corrected chi connectivity index (χ4v) is 2.35. The van der Waals surface area contributed by atoms with E-state index in [1.807, 2.05) is 11.6 Å². The van der Waals surface area contributed by atoms with Crippen LogP contribution in [-0.2, 0) is 19.6 Å². The molecule has 0 atom stereocenters. The highest BCUT2D eigenvalue weighted by Crippen LogP contribution is 2.21. The average molecular weight is 281 g/mol. The molecule has 0 radical (unpaired) electrons. The van der Waals surface area contributed by atoms with Gasteiger partial charge in [0.1, 0.15) is 0 Å². The number of aromatic nitrogens is 3. The molecule has 104 valence electrons. The number of hydrogen-bond donors (Lipinski definition) is 1. The van der Waals surface area contributed by atoms with Crippen LogP contribution in [0.3, 0.4) is 0 Å². The molecule has 2 aromatic rings. The van der Waals surface area contributed by atoms with E-state index in [4.69, 9.17) is 11.6 Å². The summed E-state index contributed by atoms with van der Waals surface area (Å²) in [6, 6.07) is 2.13. The number of nitrogens with zero attached hydrogens (tertiary/aromatic N) is 3. The van der Waals surface area contributed by atoms with E-state index in [0.29, 0.717) is 0 Å². The van der Waals surface area contributed by atoms with Crippen molar-refractivity contribution in [2.45, 2.75) is 40.4 Å². The Morgan fingerprint density at radius 1 is 1.37 bits per heavy atom. The minimum Gasteiger partial charge on any atom is -0.348 e. The molecule has 0 aliphatic carbocycles. The van der Waals surface area contributed by atoms with E-state index in [2.05, 4.69) is 47.3 Å². The first-order valence-corrected chi connectivity index (χ1v) is 7.10. The van der Waals surface area contributed by atoms with Gasteiger partial charge in [-0.1, -0.05) is 18.5 Å². The molecule has 0 spiro atoms. The van der Waals surface area contributed by atoms with E-state index in [0.717, 1.165) is 42.6 Å². The second kappa shape index (κ2) is 6.26. The standard InChI is InChI=1S/C14H21ClN4/c1-4-16-8-12-6-7-18(9-12)10-13-14(15)11(3)17-19(13)5-2/h6-7,9,16H,4-5,8,10H2,1-3H3. The zero-order chi connectivity index (χ0) is 13.8. The average Bonchev–Trinajstić information content (AvgIpc) is 2.96. The summed E-state index contributed by atoms with van der Waals surface area (Å²) in [6.07, 6.45) is 4.24. The van der Waals surface area contributed by atoms with Gasteiger partial charge in [0.15, 0.2) is 0 Å². The monoisotopic (exact) mass is 280 g/mol. The Hall–Kier alpha value is -1.26. The Balaban J connectivity index is 2.14. The summed E-state index contributed by atoms with van der Waals surface area (Å²) in [5.41, 5.74) is 3.27. The molecule has 0 fully saturated rings. The SMILES string of the molecule is CCNCc1ccn(Cc2c(Cl)c(C)nn2CC)c1. The lowest BCUT2D eigenvalue weighted by Crippen LogP contribution is -2.11. The molecular formula is C14H21ClN4. The lowest BCUT2D eigenvalue weighted by Gasteiger charge is -2.06. The van der Waals surface area contributed by atoms with E-state index in [-0.39, 0.29) is 0 Å². The van der Waals surface area contributed by atoms with Crippen molar-refractivity contribution >= 4 is 11.6 Å². The molecule has 1 N–H and O–H groups in total. The van der Waals surface area contributed by atoms with E-state index in [1.54, 1.807) is 0 Å². The molecule has 0 bridgehead atoms. The molecule has 0 saturated carbocycles. The first-order valence-electron chi connectivity index (χ1n) is 6.72. The van der Waals surface area contributed by atoms with Crippen LogP contribution in [0.1, 0.15) is 30.8 Å². The van der Waals surface area contributed by atoms with Crippen LogP contribution < -0.4 is 5.32 Å². The van der Waals surface area contributed by atoms with Gasteiger partial charge < -0.3 is 9.88 Å². The highest BCUT2D eigenvalue weighted by molar-refractivity contribution is 6.31. The lowest BCUT2D eigenvalue weighted by atomic mass is 10.3. The molecular weight excluding hydrogens is 260 g/mol. The quantitative estimate of drug-likeness (QED) is 0.883. The molecule has 0 aromatic carbocycles. The van der Waals surface area contributed by atoms with Crippen LogP contribution in [0.15, 0.2) is 18.5 Å². The molecule has 0 amide bonds. The number of halogens is 1.